The fraction of sp³-hybridized carbons (Fsp3) is 0.929. The molecule has 0 aliphatic carbocycles. The molecule has 5 heteroatoms. The number of nitrogens with one attached hydrogen (secondary N) is 2. The molecule has 19 heavy (non-hydrogen) atoms. The van der Waals surface area contributed by atoms with Gasteiger partial charge in [-0.3, -0.25) is 4.99 Å². The Labute approximate surface area is 118 Å². The molecule has 0 aliphatic heterocycles. The van der Waals surface area contributed by atoms with Crippen LogP contribution >= 0.6 is 0 Å². The van der Waals surface area contributed by atoms with Gasteiger partial charge in [0.25, 0.3) is 0 Å². The summed E-state index contributed by atoms with van der Waals surface area (Å²) in [7, 11) is 5.69. The smallest absolute Gasteiger partial charge is 0.191 e. The van der Waals surface area contributed by atoms with E-state index >= 15 is 0 Å². The van der Waals surface area contributed by atoms with Gasteiger partial charge in [0, 0.05) is 46.9 Å². The Morgan fingerprint density at radius 1 is 1.21 bits per heavy atom. The molecule has 0 spiro atoms. The lowest BCUT2D eigenvalue weighted by atomic mass is 10.1. The minimum absolute atomic E-state index is 0.720. The molecule has 0 unspecified atom stereocenters. The maximum Gasteiger partial charge on any atom is 0.191 e. The Balaban J connectivity index is 3.60. The molecule has 0 aromatic carbocycles. The average molecular weight is 272 g/mol. The standard InChI is InChI=1S/C14H32N4O/c1-13(2)7-8-16-14(15-3)17-9-11-18(4)10-6-12-19-5/h13H,6-12H2,1-5H3,(H2,15,16,17). The molecule has 114 valence electrons. The number of ether oxygens (including phenoxy) is 1. The van der Waals surface area contributed by atoms with Crippen molar-refractivity contribution in [2.75, 3.05) is 54.0 Å². The number of guanidine groups is 1. The summed E-state index contributed by atoms with van der Waals surface area (Å²) in [6.07, 6.45) is 2.24. The second kappa shape index (κ2) is 12.2. The molecule has 0 radical (unpaired) electrons. The van der Waals surface area contributed by atoms with Gasteiger partial charge in [0.2, 0.25) is 0 Å². The number of hydrogen-bond donors (Lipinski definition) is 2. The van der Waals surface area contributed by atoms with Crippen molar-refractivity contribution in [3.05, 3.63) is 0 Å². The highest BCUT2D eigenvalue weighted by Gasteiger charge is 2.00. The third kappa shape index (κ3) is 12.0. The van der Waals surface area contributed by atoms with E-state index in [4.69, 9.17) is 4.74 Å². The van der Waals surface area contributed by atoms with Crippen LogP contribution in [0, 0.1) is 5.92 Å². The van der Waals surface area contributed by atoms with Gasteiger partial charge in [-0.25, -0.2) is 0 Å². The number of nitrogens with zero attached hydrogens (tertiary/aromatic N) is 2. The molecule has 0 aliphatic rings. The summed E-state index contributed by atoms with van der Waals surface area (Å²) in [5, 5.41) is 6.66. The first-order chi connectivity index (χ1) is 9.10. The number of hydrogen-bond acceptors (Lipinski definition) is 3. The quantitative estimate of drug-likeness (QED) is 0.356. The molecule has 0 heterocycles. The van der Waals surface area contributed by atoms with E-state index in [1.807, 2.05) is 7.05 Å². The first-order valence-electron chi connectivity index (χ1n) is 7.22. The zero-order valence-electron chi connectivity index (χ0n) is 13.3. The summed E-state index contributed by atoms with van der Waals surface area (Å²) in [6, 6.07) is 0. The van der Waals surface area contributed by atoms with Crippen molar-refractivity contribution in [2.45, 2.75) is 26.7 Å². The van der Waals surface area contributed by atoms with Gasteiger partial charge in [-0.05, 0) is 25.8 Å². The molecule has 0 bridgehead atoms. The van der Waals surface area contributed by atoms with Crippen LogP contribution in [0.15, 0.2) is 4.99 Å². The fourth-order valence-electron chi connectivity index (χ4n) is 1.66. The van der Waals surface area contributed by atoms with Gasteiger partial charge in [0.1, 0.15) is 0 Å². The van der Waals surface area contributed by atoms with Crippen LogP contribution < -0.4 is 10.6 Å². The van der Waals surface area contributed by atoms with E-state index in [0.717, 1.165) is 57.5 Å². The normalized spacial score (nSPS) is 12.3. The summed E-state index contributed by atoms with van der Waals surface area (Å²) >= 11 is 0. The lowest BCUT2D eigenvalue weighted by Crippen LogP contribution is -2.41. The third-order valence-electron chi connectivity index (χ3n) is 2.91. The highest BCUT2D eigenvalue weighted by Crippen LogP contribution is 1.95. The molecule has 0 amide bonds. The van der Waals surface area contributed by atoms with E-state index in [9.17, 15) is 0 Å². The van der Waals surface area contributed by atoms with Crippen LogP contribution in [-0.4, -0.2) is 64.9 Å². The van der Waals surface area contributed by atoms with E-state index in [2.05, 4.69) is 41.4 Å². The Morgan fingerprint density at radius 2 is 1.89 bits per heavy atom. The average Bonchev–Trinajstić information content (AvgIpc) is 2.37. The Morgan fingerprint density at radius 3 is 2.47 bits per heavy atom. The predicted molar refractivity (Wildman–Crippen MR) is 82.8 cm³/mol. The minimum Gasteiger partial charge on any atom is -0.385 e. The van der Waals surface area contributed by atoms with Crippen molar-refractivity contribution >= 4 is 5.96 Å². The maximum atomic E-state index is 5.04. The van der Waals surface area contributed by atoms with Gasteiger partial charge in [-0.15, -0.1) is 0 Å². The molecule has 0 aromatic heterocycles. The monoisotopic (exact) mass is 272 g/mol. The summed E-state index contributed by atoms with van der Waals surface area (Å²) in [4.78, 5) is 6.51. The van der Waals surface area contributed by atoms with Crippen LogP contribution in [-0.2, 0) is 4.74 Å². The van der Waals surface area contributed by atoms with Gasteiger partial charge < -0.3 is 20.3 Å². The molecule has 0 rings (SSSR count). The molecular formula is C14H32N4O. The third-order valence-corrected chi connectivity index (χ3v) is 2.91. The SMILES string of the molecule is CN=C(NCCC(C)C)NCCN(C)CCCOC. The van der Waals surface area contributed by atoms with Crippen molar-refractivity contribution in [3.8, 4) is 0 Å². The molecule has 0 saturated carbocycles. The zero-order valence-corrected chi connectivity index (χ0v) is 13.3. The lowest BCUT2D eigenvalue weighted by Gasteiger charge is -2.18. The topological polar surface area (TPSA) is 48.9 Å². The molecule has 0 fully saturated rings. The molecule has 2 N–H and O–H groups in total. The molecule has 0 saturated heterocycles. The largest absolute Gasteiger partial charge is 0.385 e. The van der Waals surface area contributed by atoms with E-state index in [-0.39, 0.29) is 0 Å². The van der Waals surface area contributed by atoms with Crippen LogP contribution in [0.3, 0.4) is 0 Å². The van der Waals surface area contributed by atoms with E-state index in [1.54, 1.807) is 7.11 Å². The molecular weight excluding hydrogens is 240 g/mol. The van der Waals surface area contributed by atoms with E-state index in [1.165, 1.54) is 0 Å². The van der Waals surface area contributed by atoms with Gasteiger partial charge >= 0.3 is 0 Å². The van der Waals surface area contributed by atoms with Crippen LogP contribution in [0.1, 0.15) is 26.7 Å². The Kier molecular flexibility index (Phi) is 11.7. The van der Waals surface area contributed by atoms with Crippen molar-refractivity contribution in [1.29, 1.82) is 0 Å². The van der Waals surface area contributed by atoms with Gasteiger partial charge in [0.05, 0.1) is 0 Å². The van der Waals surface area contributed by atoms with Gasteiger partial charge in [-0.2, -0.15) is 0 Å². The summed E-state index contributed by atoms with van der Waals surface area (Å²) in [5.74, 6) is 1.61. The van der Waals surface area contributed by atoms with Crippen molar-refractivity contribution in [2.24, 2.45) is 10.9 Å². The second-order valence-electron chi connectivity index (χ2n) is 5.26. The van der Waals surface area contributed by atoms with Crippen LogP contribution in [0.5, 0.6) is 0 Å². The number of aliphatic imine (C=N–C) groups is 1. The second-order valence-corrected chi connectivity index (χ2v) is 5.26. The number of methoxy groups -OCH3 is 1. The number of rotatable bonds is 10. The van der Waals surface area contributed by atoms with Gasteiger partial charge in [-0.1, -0.05) is 13.8 Å². The van der Waals surface area contributed by atoms with Crippen LogP contribution in [0.25, 0.3) is 0 Å². The number of likely N-dealkylation sites (N-methyl/N-ethyl adjacent to an activating group) is 1. The molecule has 0 atom stereocenters. The molecule has 5 nitrogen and oxygen atoms in total. The summed E-state index contributed by atoms with van der Waals surface area (Å²) in [6.45, 7) is 9.24. The van der Waals surface area contributed by atoms with Crippen LogP contribution in [0.2, 0.25) is 0 Å². The van der Waals surface area contributed by atoms with Crippen molar-refractivity contribution in [3.63, 3.8) is 0 Å². The highest BCUT2D eigenvalue weighted by molar-refractivity contribution is 5.79. The van der Waals surface area contributed by atoms with E-state index in [0.29, 0.717) is 0 Å². The van der Waals surface area contributed by atoms with Crippen LogP contribution in [0.4, 0.5) is 0 Å². The minimum atomic E-state index is 0.720. The fourth-order valence-corrected chi connectivity index (χ4v) is 1.66. The van der Waals surface area contributed by atoms with Crippen molar-refractivity contribution in [1.82, 2.24) is 15.5 Å². The summed E-state index contributed by atoms with van der Waals surface area (Å²) < 4.78 is 5.04. The Hall–Kier alpha value is -0.810. The van der Waals surface area contributed by atoms with E-state index < -0.39 is 0 Å². The molecule has 0 aromatic rings. The maximum absolute atomic E-state index is 5.04. The lowest BCUT2D eigenvalue weighted by molar-refractivity contribution is 0.180. The Bertz CT molecular complexity index is 231. The highest BCUT2D eigenvalue weighted by atomic mass is 16.5. The first kappa shape index (κ1) is 18.2. The summed E-state index contributed by atoms with van der Waals surface area (Å²) in [5.41, 5.74) is 0. The predicted octanol–water partition coefficient (Wildman–Crippen LogP) is 1.17. The first-order valence-corrected chi connectivity index (χ1v) is 7.22. The van der Waals surface area contributed by atoms with Gasteiger partial charge in [0.15, 0.2) is 5.96 Å². The van der Waals surface area contributed by atoms with Crippen molar-refractivity contribution < 1.29 is 4.74 Å². The zero-order chi connectivity index (χ0) is 14.5.